The highest BCUT2D eigenvalue weighted by atomic mass is 19.4. The third-order valence-corrected chi connectivity index (χ3v) is 4.34. The Bertz CT molecular complexity index is 694. The van der Waals surface area contributed by atoms with Gasteiger partial charge < -0.3 is 4.90 Å². The molecule has 0 aromatic carbocycles. The summed E-state index contributed by atoms with van der Waals surface area (Å²) in [5, 5.41) is 0. The SMILES string of the molecule is CCN(CC)C1=C(C(F)(F)F)C2=CC=CC=C(C2)C(C(F)(F)F)=C1C. The third-order valence-electron chi connectivity index (χ3n) is 4.34. The maximum atomic E-state index is 13.9. The first-order valence-corrected chi connectivity index (χ1v) is 7.94. The van der Waals surface area contributed by atoms with Gasteiger partial charge in [-0.1, -0.05) is 24.3 Å². The Hall–Kier alpha value is -1.92. The van der Waals surface area contributed by atoms with Crippen molar-refractivity contribution in [1.29, 1.82) is 0 Å². The van der Waals surface area contributed by atoms with Gasteiger partial charge in [-0.05, 0) is 43.9 Å². The van der Waals surface area contributed by atoms with E-state index in [4.69, 9.17) is 0 Å². The summed E-state index contributed by atoms with van der Waals surface area (Å²) >= 11 is 0. The van der Waals surface area contributed by atoms with E-state index in [9.17, 15) is 26.3 Å². The van der Waals surface area contributed by atoms with Crippen LogP contribution in [-0.2, 0) is 0 Å². The standard InChI is InChI=1S/C18H19F6N/c1-4-25(5-2)16-11(3)14(17(19,20)21)12-8-6-7-9-13(10-12)15(16)18(22,23)24/h6-9H,4-5,10H2,1-3H3. The number of alkyl halides is 6. The molecule has 1 nitrogen and oxygen atoms in total. The highest BCUT2D eigenvalue weighted by molar-refractivity contribution is 5.60. The monoisotopic (exact) mass is 363 g/mol. The highest BCUT2D eigenvalue weighted by Gasteiger charge is 2.46. The number of rotatable bonds is 3. The minimum atomic E-state index is -4.75. The van der Waals surface area contributed by atoms with Crippen molar-refractivity contribution >= 4 is 0 Å². The third kappa shape index (κ3) is 3.70. The van der Waals surface area contributed by atoms with Crippen molar-refractivity contribution < 1.29 is 26.3 Å². The van der Waals surface area contributed by atoms with Crippen LogP contribution < -0.4 is 0 Å². The fourth-order valence-corrected chi connectivity index (χ4v) is 3.35. The van der Waals surface area contributed by atoms with Gasteiger partial charge in [0.1, 0.15) is 0 Å². The van der Waals surface area contributed by atoms with Crippen molar-refractivity contribution in [3.8, 4) is 0 Å². The van der Waals surface area contributed by atoms with Gasteiger partial charge in [0.15, 0.2) is 0 Å². The molecule has 2 aliphatic carbocycles. The molecule has 0 atom stereocenters. The Morgan fingerprint density at radius 1 is 0.840 bits per heavy atom. The lowest BCUT2D eigenvalue weighted by Crippen LogP contribution is -2.29. The van der Waals surface area contributed by atoms with E-state index < -0.39 is 29.9 Å². The zero-order valence-corrected chi connectivity index (χ0v) is 14.1. The molecule has 0 fully saturated rings. The molecule has 0 heterocycles. The average molecular weight is 363 g/mol. The van der Waals surface area contributed by atoms with Crippen LogP contribution in [-0.4, -0.2) is 30.3 Å². The summed E-state index contributed by atoms with van der Waals surface area (Å²) in [4.78, 5) is 1.34. The molecule has 2 rings (SSSR count). The van der Waals surface area contributed by atoms with Crippen molar-refractivity contribution in [3.63, 3.8) is 0 Å². The van der Waals surface area contributed by atoms with Crippen molar-refractivity contribution in [1.82, 2.24) is 4.90 Å². The Kier molecular flexibility index (Phi) is 5.25. The van der Waals surface area contributed by atoms with E-state index in [1.165, 1.54) is 29.2 Å². The summed E-state index contributed by atoms with van der Waals surface area (Å²) in [5.74, 6) is 0. The molecule has 0 aromatic rings. The smallest absolute Gasteiger partial charge is 0.371 e. The number of hydrogen-bond donors (Lipinski definition) is 0. The summed E-state index contributed by atoms with van der Waals surface area (Å²) in [6.45, 7) is 4.74. The van der Waals surface area contributed by atoms with Crippen molar-refractivity contribution in [2.75, 3.05) is 13.1 Å². The van der Waals surface area contributed by atoms with Gasteiger partial charge in [0.25, 0.3) is 0 Å². The predicted octanol–water partition coefficient (Wildman–Crippen LogP) is 5.85. The number of fused-ring (bicyclic) bond motifs is 2. The molecule has 0 N–H and O–H groups in total. The Balaban J connectivity index is 2.96. The van der Waals surface area contributed by atoms with Crippen LogP contribution in [0.15, 0.2) is 57.9 Å². The van der Waals surface area contributed by atoms with Crippen LogP contribution in [0.2, 0.25) is 0 Å². The van der Waals surface area contributed by atoms with E-state index in [0.717, 1.165) is 6.92 Å². The minimum Gasteiger partial charge on any atom is -0.371 e. The Morgan fingerprint density at radius 3 is 1.68 bits per heavy atom. The first-order chi connectivity index (χ1) is 11.5. The average Bonchev–Trinajstić information content (AvgIpc) is 2.76. The van der Waals surface area contributed by atoms with Gasteiger partial charge in [0, 0.05) is 13.1 Å². The van der Waals surface area contributed by atoms with Crippen LogP contribution >= 0.6 is 0 Å². The van der Waals surface area contributed by atoms with E-state index >= 15 is 0 Å². The minimum absolute atomic E-state index is 0.145. The molecule has 0 spiro atoms. The molecule has 2 aliphatic rings. The molecule has 25 heavy (non-hydrogen) atoms. The first kappa shape index (κ1) is 19.4. The van der Waals surface area contributed by atoms with Crippen LogP contribution in [0.1, 0.15) is 27.2 Å². The second-order valence-electron chi connectivity index (χ2n) is 5.84. The Labute approximate surface area is 142 Å². The van der Waals surface area contributed by atoms with E-state index in [2.05, 4.69) is 0 Å². The molecular formula is C18H19F6N. The largest absolute Gasteiger partial charge is 0.418 e. The van der Waals surface area contributed by atoms with Gasteiger partial charge in [-0.25, -0.2) is 0 Å². The number of nitrogens with zero attached hydrogens (tertiary/aromatic N) is 1. The summed E-state index contributed by atoms with van der Waals surface area (Å²) in [6.07, 6.45) is -4.70. The quantitative estimate of drug-likeness (QED) is 0.569. The van der Waals surface area contributed by atoms with Crippen molar-refractivity contribution in [3.05, 3.63) is 57.9 Å². The Morgan fingerprint density at radius 2 is 1.28 bits per heavy atom. The topological polar surface area (TPSA) is 3.24 Å². The lowest BCUT2D eigenvalue weighted by atomic mass is 9.96. The summed E-state index contributed by atoms with van der Waals surface area (Å²) < 4.78 is 82.6. The van der Waals surface area contributed by atoms with Crippen LogP contribution in [0, 0.1) is 0 Å². The first-order valence-electron chi connectivity index (χ1n) is 7.94. The number of hydrogen-bond acceptors (Lipinski definition) is 1. The van der Waals surface area contributed by atoms with Crippen LogP contribution in [0.5, 0.6) is 0 Å². The number of likely N-dealkylation sites (N-methyl/N-ethyl adjacent to an activating group) is 1. The number of halogens is 6. The summed E-state index contributed by atoms with van der Waals surface area (Å²) in [7, 11) is 0. The lowest BCUT2D eigenvalue weighted by Gasteiger charge is -2.30. The van der Waals surface area contributed by atoms with Crippen LogP contribution in [0.25, 0.3) is 0 Å². The highest BCUT2D eigenvalue weighted by Crippen LogP contribution is 2.48. The zero-order valence-electron chi connectivity index (χ0n) is 14.1. The van der Waals surface area contributed by atoms with Gasteiger partial charge in [-0.15, -0.1) is 0 Å². The van der Waals surface area contributed by atoms with E-state index in [1.807, 2.05) is 0 Å². The van der Waals surface area contributed by atoms with Crippen LogP contribution in [0.4, 0.5) is 26.3 Å². The fourth-order valence-electron chi connectivity index (χ4n) is 3.35. The van der Waals surface area contributed by atoms with E-state index in [-0.39, 0.29) is 35.5 Å². The molecule has 0 aliphatic heterocycles. The molecule has 138 valence electrons. The molecule has 0 amide bonds. The molecule has 0 unspecified atom stereocenters. The molecule has 0 saturated heterocycles. The lowest BCUT2D eigenvalue weighted by molar-refractivity contribution is -0.0925. The normalized spacial score (nSPS) is 18.8. The van der Waals surface area contributed by atoms with E-state index in [0.29, 0.717) is 0 Å². The zero-order chi connectivity index (χ0) is 19.0. The van der Waals surface area contributed by atoms with Gasteiger partial charge in [0.2, 0.25) is 0 Å². The molecule has 0 aromatic heterocycles. The molecule has 7 heteroatoms. The van der Waals surface area contributed by atoms with Crippen LogP contribution in [0.3, 0.4) is 0 Å². The maximum Gasteiger partial charge on any atom is 0.418 e. The van der Waals surface area contributed by atoms with Gasteiger partial charge in [-0.3, -0.25) is 0 Å². The molecular weight excluding hydrogens is 344 g/mol. The predicted molar refractivity (Wildman–Crippen MR) is 84.7 cm³/mol. The number of allylic oxidation sites excluding steroid dienone is 9. The summed E-state index contributed by atoms with van der Waals surface area (Å²) in [5.41, 5.74) is -3.01. The van der Waals surface area contributed by atoms with Gasteiger partial charge in [-0.2, -0.15) is 26.3 Å². The molecule has 0 saturated carbocycles. The van der Waals surface area contributed by atoms with Gasteiger partial charge >= 0.3 is 12.4 Å². The second kappa shape index (κ2) is 6.77. The molecule has 2 bridgehead atoms. The maximum absolute atomic E-state index is 13.9. The van der Waals surface area contributed by atoms with Gasteiger partial charge in [0.05, 0.1) is 16.8 Å². The second-order valence-corrected chi connectivity index (χ2v) is 5.84. The van der Waals surface area contributed by atoms with Crippen molar-refractivity contribution in [2.45, 2.75) is 39.5 Å². The fraction of sp³-hybridized carbons (Fsp3) is 0.444. The van der Waals surface area contributed by atoms with Crippen molar-refractivity contribution in [2.24, 2.45) is 0 Å². The summed E-state index contributed by atoms with van der Waals surface area (Å²) in [6, 6.07) is 0. The molecule has 0 radical (unpaired) electrons. The van der Waals surface area contributed by atoms with E-state index in [1.54, 1.807) is 13.8 Å².